The fourth-order valence-electron chi connectivity index (χ4n) is 2.05. The van der Waals surface area contributed by atoms with Crippen LogP contribution in [0.4, 0.5) is 0 Å². The molecule has 2 nitrogen and oxygen atoms in total. The van der Waals surface area contributed by atoms with E-state index in [2.05, 4.69) is 48.4 Å². The Kier molecular flexibility index (Phi) is 4.59. The Bertz CT molecular complexity index is 430. The van der Waals surface area contributed by atoms with Crippen LogP contribution in [0.1, 0.15) is 24.0 Å². The van der Waals surface area contributed by atoms with Gasteiger partial charge >= 0.3 is 0 Å². The largest absolute Gasteiger partial charge is 0.368 e. The SMILES string of the molecule is C=CN/C=C(/CNCC1CC1)c1ccccc1C. The highest BCUT2D eigenvalue weighted by Crippen LogP contribution is 2.27. The minimum atomic E-state index is 0.905. The van der Waals surface area contributed by atoms with Crippen LogP contribution in [-0.4, -0.2) is 13.1 Å². The van der Waals surface area contributed by atoms with Crippen molar-refractivity contribution in [1.29, 1.82) is 0 Å². The number of hydrogen-bond acceptors (Lipinski definition) is 2. The lowest BCUT2D eigenvalue weighted by atomic mass is 10.0. The van der Waals surface area contributed by atoms with E-state index in [4.69, 9.17) is 0 Å². The number of nitrogens with one attached hydrogen (secondary N) is 2. The van der Waals surface area contributed by atoms with Crippen molar-refractivity contribution in [1.82, 2.24) is 10.6 Å². The van der Waals surface area contributed by atoms with Crippen LogP contribution in [0.2, 0.25) is 0 Å². The molecule has 0 radical (unpaired) electrons. The topological polar surface area (TPSA) is 24.1 Å². The lowest BCUT2D eigenvalue weighted by Gasteiger charge is -2.12. The molecule has 0 heterocycles. The lowest BCUT2D eigenvalue weighted by molar-refractivity contribution is 0.687. The minimum Gasteiger partial charge on any atom is -0.368 e. The van der Waals surface area contributed by atoms with Crippen LogP contribution in [0.15, 0.2) is 43.2 Å². The van der Waals surface area contributed by atoms with Gasteiger partial charge in [0.2, 0.25) is 0 Å². The molecule has 0 aliphatic heterocycles. The molecule has 0 bridgehead atoms. The van der Waals surface area contributed by atoms with Crippen LogP contribution in [0, 0.1) is 12.8 Å². The average Bonchev–Trinajstić information content (AvgIpc) is 3.19. The maximum Gasteiger partial charge on any atom is 0.0226 e. The molecule has 1 fully saturated rings. The van der Waals surface area contributed by atoms with Crippen molar-refractivity contribution in [2.45, 2.75) is 19.8 Å². The molecular weight excluding hydrogens is 220 g/mol. The highest BCUT2D eigenvalue weighted by Gasteiger charge is 2.20. The minimum absolute atomic E-state index is 0.905. The van der Waals surface area contributed by atoms with Gasteiger partial charge in [-0.25, -0.2) is 0 Å². The quantitative estimate of drug-likeness (QED) is 0.768. The third kappa shape index (κ3) is 3.74. The van der Waals surface area contributed by atoms with Gasteiger partial charge in [0, 0.05) is 12.7 Å². The van der Waals surface area contributed by atoms with Gasteiger partial charge in [0.05, 0.1) is 0 Å². The molecular formula is C16H22N2. The van der Waals surface area contributed by atoms with Crippen LogP contribution < -0.4 is 10.6 Å². The van der Waals surface area contributed by atoms with Crippen LogP contribution in [0.5, 0.6) is 0 Å². The highest BCUT2D eigenvalue weighted by molar-refractivity contribution is 5.69. The summed E-state index contributed by atoms with van der Waals surface area (Å²) >= 11 is 0. The summed E-state index contributed by atoms with van der Waals surface area (Å²) < 4.78 is 0. The summed E-state index contributed by atoms with van der Waals surface area (Å²) in [6, 6.07) is 8.49. The second-order valence-corrected chi connectivity index (χ2v) is 4.93. The van der Waals surface area contributed by atoms with Crippen molar-refractivity contribution in [3.8, 4) is 0 Å². The van der Waals surface area contributed by atoms with Gasteiger partial charge in [-0.2, -0.15) is 0 Å². The third-order valence-electron chi connectivity index (χ3n) is 3.31. The maximum absolute atomic E-state index is 3.69. The second kappa shape index (κ2) is 6.41. The molecule has 2 rings (SSSR count). The van der Waals surface area contributed by atoms with E-state index in [1.165, 1.54) is 29.5 Å². The summed E-state index contributed by atoms with van der Waals surface area (Å²) in [6.07, 6.45) is 6.52. The van der Waals surface area contributed by atoms with Crippen LogP contribution in [-0.2, 0) is 0 Å². The first-order chi connectivity index (χ1) is 8.81. The Morgan fingerprint density at radius 3 is 2.83 bits per heavy atom. The maximum atomic E-state index is 3.69. The van der Waals surface area contributed by atoms with Gasteiger partial charge in [0.25, 0.3) is 0 Å². The number of benzene rings is 1. The van der Waals surface area contributed by atoms with Crippen molar-refractivity contribution in [2.24, 2.45) is 5.92 Å². The zero-order chi connectivity index (χ0) is 12.8. The standard InChI is InChI=1S/C16H22N2/c1-3-17-11-15(12-18-10-14-8-9-14)16-7-5-4-6-13(16)2/h3-7,11,14,17-18H,1,8-10,12H2,2H3/b15-11-. The highest BCUT2D eigenvalue weighted by atomic mass is 14.9. The summed E-state index contributed by atoms with van der Waals surface area (Å²) in [5.74, 6) is 0.912. The van der Waals surface area contributed by atoms with Gasteiger partial charge < -0.3 is 10.6 Å². The molecule has 2 heteroatoms. The molecule has 1 aromatic rings. The first-order valence-electron chi connectivity index (χ1n) is 6.64. The number of hydrogen-bond donors (Lipinski definition) is 2. The Morgan fingerprint density at radius 2 is 2.17 bits per heavy atom. The predicted molar refractivity (Wildman–Crippen MR) is 78.1 cm³/mol. The number of rotatable bonds is 7. The van der Waals surface area contributed by atoms with Crippen LogP contribution in [0.25, 0.3) is 5.57 Å². The fourth-order valence-corrected chi connectivity index (χ4v) is 2.05. The van der Waals surface area contributed by atoms with Crippen molar-refractivity contribution in [3.05, 3.63) is 54.4 Å². The molecule has 0 aromatic heterocycles. The Morgan fingerprint density at radius 1 is 1.39 bits per heavy atom. The molecule has 1 aliphatic rings. The average molecular weight is 242 g/mol. The Hall–Kier alpha value is -1.54. The Labute approximate surface area is 110 Å². The molecule has 0 saturated heterocycles. The van der Waals surface area contributed by atoms with Crippen molar-refractivity contribution < 1.29 is 0 Å². The Balaban J connectivity index is 2.03. The molecule has 0 spiro atoms. The van der Waals surface area contributed by atoms with Crippen LogP contribution >= 0.6 is 0 Å². The normalized spacial score (nSPS) is 15.5. The van der Waals surface area contributed by atoms with Gasteiger partial charge in [-0.1, -0.05) is 30.8 Å². The number of aryl methyl sites for hydroxylation is 1. The first kappa shape index (κ1) is 12.9. The van der Waals surface area contributed by atoms with Gasteiger partial charge in [-0.3, -0.25) is 0 Å². The van der Waals surface area contributed by atoms with Gasteiger partial charge in [-0.15, -0.1) is 0 Å². The van der Waals surface area contributed by atoms with E-state index in [1.807, 2.05) is 6.20 Å². The van der Waals surface area contributed by atoms with Gasteiger partial charge in [0.15, 0.2) is 0 Å². The van der Waals surface area contributed by atoms with Crippen molar-refractivity contribution in [3.63, 3.8) is 0 Å². The third-order valence-corrected chi connectivity index (χ3v) is 3.31. The fraction of sp³-hybridized carbons (Fsp3) is 0.375. The van der Waals surface area contributed by atoms with Crippen LogP contribution in [0.3, 0.4) is 0 Å². The molecule has 18 heavy (non-hydrogen) atoms. The lowest BCUT2D eigenvalue weighted by Crippen LogP contribution is -2.20. The molecule has 1 aliphatic carbocycles. The summed E-state index contributed by atoms with van der Waals surface area (Å²) in [5, 5.41) is 6.63. The van der Waals surface area contributed by atoms with E-state index in [1.54, 1.807) is 6.20 Å². The van der Waals surface area contributed by atoms with E-state index in [9.17, 15) is 0 Å². The zero-order valence-corrected chi connectivity index (χ0v) is 11.1. The van der Waals surface area contributed by atoms with E-state index in [0.717, 1.165) is 19.0 Å². The van der Waals surface area contributed by atoms with Crippen molar-refractivity contribution in [2.75, 3.05) is 13.1 Å². The van der Waals surface area contributed by atoms with Gasteiger partial charge in [-0.05, 0) is 55.1 Å². The van der Waals surface area contributed by atoms with E-state index < -0.39 is 0 Å². The summed E-state index contributed by atoms with van der Waals surface area (Å²) in [6.45, 7) is 7.88. The molecule has 2 N–H and O–H groups in total. The predicted octanol–water partition coefficient (Wildman–Crippen LogP) is 3.07. The summed E-state index contributed by atoms with van der Waals surface area (Å²) in [4.78, 5) is 0. The molecule has 0 atom stereocenters. The monoisotopic (exact) mass is 242 g/mol. The molecule has 96 valence electrons. The first-order valence-corrected chi connectivity index (χ1v) is 6.64. The molecule has 0 amide bonds. The van der Waals surface area contributed by atoms with Crippen molar-refractivity contribution >= 4 is 5.57 Å². The van der Waals surface area contributed by atoms with E-state index in [-0.39, 0.29) is 0 Å². The second-order valence-electron chi connectivity index (χ2n) is 4.93. The molecule has 1 saturated carbocycles. The zero-order valence-electron chi connectivity index (χ0n) is 11.1. The summed E-state index contributed by atoms with van der Waals surface area (Å²) in [7, 11) is 0. The molecule has 1 aromatic carbocycles. The summed E-state index contributed by atoms with van der Waals surface area (Å²) in [5.41, 5.74) is 3.90. The smallest absolute Gasteiger partial charge is 0.0226 e. The molecule has 0 unspecified atom stereocenters. The van der Waals surface area contributed by atoms with E-state index in [0.29, 0.717) is 0 Å². The van der Waals surface area contributed by atoms with Gasteiger partial charge in [0.1, 0.15) is 0 Å². The van der Waals surface area contributed by atoms with E-state index >= 15 is 0 Å².